The molecule has 0 spiro atoms. The van der Waals surface area contributed by atoms with Gasteiger partial charge in [-0.15, -0.1) is 0 Å². The van der Waals surface area contributed by atoms with E-state index in [0.717, 1.165) is 56.2 Å². The number of aryl methyl sites for hydroxylation is 1. The normalized spacial score (nSPS) is 12.7. The summed E-state index contributed by atoms with van der Waals surface area (Å²) >= 11 is 0. The number of hydrogen-bond donors (Lipinski definition) is 0. The SMILES string of the molecule is Cc1ccccc1-c1ccc(-c2cccc3c2Oc2cccc4c2B3c2ccccc2O4)nc1. The molecule has 0 aliphatic carbocycles. The summed E-state index contributed by atoms with van der Waals surface area (Å²) in [5.74, 6) is 3.47. The van der Waals surface area contributed by atoms with E-state index in [2.05, 4.69) is 73.7 Å². The zero-order valence-electron chi connectivity index (χ0n) is 18.7. The summed E-state index contributed by atoms with van der Waals surface area (Å²) in [6, 6.07) is 33.3. The Morgan fingerprint density at radius 2 is 1.32 bits per heavy atom. The predicted octanol–water partition coefficient (Wildman–Crippen LogP) is 5.45. The van der Waals surface area contributed by atoms with Gasteiger partial charge >= 0.3 is 0 Å². The fraction of sp³-hybridized carbons (Fsp3) is 0.0333. The van der Waals surface area contributed by atoms with E-state index in [-0.39, 0.29) is 6.71 Å². The van der Waals surface area contributed by atoms with Crippen molar-refractivity contribution in [3.05, 3.63) is 109 Å². The van der Waals surface area contributed by atoms with Gasteiger partial charge in [0.05, 0.1) is 5.69 Å². The van der Waals surface area contributed by atoms with E-state index in [4.69, 9.17) is 14.5 Å². The number of nitrogens with zero attached hydrogens (tertiary/aromatic N) is 1. The summed E-state index contributed by atoms with van der Waals surface area (Å²) in [6.07, 6.45) is 1.95. The minimum atomic E-state index is 0.0612. The van der Waals surface area contributed by atoms with Crippen molar-refractivity contribution in [2.24, 2.45) is 0 Å². The lowest BCUT2D eigenvalue weighted by molar-refractivity contribution is 0.465. The van der Waals surface area contributed by atoms with Crippen molar-refractivity contribution in [3.8, 4) is 45.4 Å². The first-order valence-electron chi connectivity index (χ1n) is 11.5. The average molecular weight is 437 g/mol. The number of ether oxygens (including phenoxy) is 2. The molecular weight excluding hydrogens is 417 g/mol. The Balaban J connectivity index is 1.38. The second-order valence-corrected chi connectivity index (χ2v) is 8.81. The molecule has 3 heterocycles. The van der Waals surface area contributed by atoms with Crippen LogP contribution in [-0.4, -0.2) is 11.7 Å². The summed E-state index contributed by atoms with van der Waals surface area (Å²) in [7, 11) is 0. The molecule has 0 N–H and O–H groups in total. The highest BCUT2D eigenvalue weighted by atomic mass is 16.5. The third kappa shape index (κ3) is 2.82. The Bertz CT molecular complexity index is 1580. The van der Waals surface area contributed by atoms with Crippen molar-refractivity contribution in [1.82, 2.24) is 4.98 Å². The van der Waals surface area contributed by atoms with Crippen molar-refractivity contribution in [1.29, 1.82) is 0 Å². The maximum absolute atomic E-state index is 6.54. The molecule has 160 valence electrons. The van der Waals surface area contributed by atoms with Crippen molar-refractivity contribution >= 4 is 23.1 Å². The molecule has 0 unspecified atom stereocenters. The molecule has 0 atom stereocenters. The van der Waals surface area contributed by atoms with Crippen LogP contribution < -0.4 is 25.9 Å². The second-order valence-electron chi connectivity index (χ2n) is 8.81. The minimum Gasteiger partial charge on any atom is -0.458 e. The Hall–Kier alpha value is -4.31. The third-order valence-corrected chi connectivity index (χ3v) is 6.83. The highest BCUT2D eigenvalue weighted by Gasteiger charge is 2.40. The summed E-state index contributed by atoms with van der Waals surface area (Å²) in [6.45, 7) is 2.19. The quantitative estimate of drug-likeness (QED) is 0.337. The molecule has 0 bridgehead atoms. The van der Waals surface area contributed by atoms with Gasteiger partial charge in [0, 0.05) is 22.8 Å². The smallest absolute Gasteiger partial charge is 0.260 e. The molecule has 0 saturated carbocycles. The molecular formula is C30H20BNO2. The van der Waals surface area contributed by atoms with Gasteiger partial charge in [-0.1, -0.05) is 66.7 Å². The van der Waals surface area contributed by atoms with Crippen molar-refractivity contribution in [2.45, 2.75) is 6.92 Å². The first kappa shape index (κ1) is 19.2. The zero-order valence-corrected chi connectivity index (χ0v) is 18.7. The number of hydrogen-bond acceptors (Lipinski definition) is 3. The van der Waals surface area contributed by atoms with Crippen LogP contribution in [0, 0.1) is 6.92 Å². The van der Waals surface area contributed by atoms with E-state index < -0.39 is 0 Å². The van der Waals surface area contributed by atoms with Crippen molar-refractivity contribution < 1.29 is 9.47 Å². The van der Waals surface area contributed by atoms with Crippen LogP contribution in [0.4, 0.5) is 0 Å². The van der Waals surface area contributed by atoms with Gasteiger partial charge in [0.1, 0.15) is 23.0 Å². The number of pyridine rings is 1. The molecule has 5 aromatic rings. The van der Waals surface area contributed by atoms with Crippen LogP contribution in [0.2, 0.25) is 0 Å². The molecule has 34 heavy (non-hydrogen) atoms. The van der Waals surface area contributed by atoms with Gasteiger partial charge < -0.3 is 9.47 Å². The second kappa shape index (κ2) is 7.36. The van der Waals surface area contributed by atoms with Gasteiger partial charge in [-0.2, -0.15) is 0 Å². The fourth-order valence-electron chi connectivity index (χ4n) is 5.21. The van der Waals surface area contributed by atoms with Crippen molar-refractivity contribution in [3.63, 3.8) is 0 Å². The molecule has 1 aromatic heterocycles. The molecule has 7 rings (SSSR count). The van der Waals surface area contributed by atoms with Gasteiger partial charge in [0.2, 0.25) is 0 Å². The maximum Gasteiger partial charge on any atom is 0.260 e. The number of para-hydroxylation sites is 2. The van der Waals surface area contributed by atoms with Crippen LogP contribution in [0.15, 0.2) is 103 Å². The minimum absolute atomic E-state index is 0.0612. The van der Waals surface area contributed by atoms with E-state index >= 15 is 0 Å². The largest absolute Gasteiger partial charge is 0.458 e. The predicted molar refractivity (Wildman–Crippen MR) is 138 cm³/mol. The molecule has 0 saturated heterocycles. The molecule has 3 nitrogen and oxygen atoms in total. The molecule has 0 radical (unpaired) electrons. The van der Waals surface area contributed by atoms with Crippen LogP contribution in [0.25, 0.3) is 22.4 Å². The maximum atomic E-state index is 6.54. The lowest BCUT2D eigenvalue weighted by Gasteiger charge is -2.33. The van der Waals surface area contributed by atoms with Crippen LogP contribution in [0.3, 0.4) is 0 Å². The van der Waals surface area contributed by atoms with Crippen LogP contribution in [0.5, 0.6) is 23.0 Å². The molecule has 0 fully saturated rings. The molecule has 4 aromatic carbocycles. The Kier molecular flexibility index (Phi) is 4.15. The van der Waals surface area contributed by atoms with Gasteiger partial charge in [0.15, 0.2) is 0 Å². The Labute approximate surface area is 198 Å². The Morgan fingerprint density at radius 3 is 2.18 bits per heavy atom. The van der Waals surface area contributed by atoms with Gasteiger partial charge in [-0.3, -0.25) is 4.98 Å². The third-order valence-electron chi connectivity index (χ3n) is 6.83. The number of fused-ring (bicyclic) bond motifs is 4. The number of benzene rings is 4. The van der Waals surface area contributed by atoms with Crippen LogP contribution >= 0.6 is 0 Å². The molecule has 0 amide bonds. The lowest BCUT2D eigenvalue weighted by atomic mass is 9.34. The Morgan fingerprint density at radius 1 is 0.618 bits per heavy atom. The van der Waals surface area contributed by atoms with E-state index in [1.54, 1.807) is 0 Å². The summed E-state index contributed by atoms with van der Waals surface area (Å²) < 4.78 is 12.8. The first-order chi connectivity index (χ1) is 16.8. The molecule has 2 aliphatic heterocycles. The van der Waals surface area contributed by atoms with E-state index in [1.807, 2.05) is 36.5 Å². The van der Waals surface area contributed by atoms with Gasteiger partial charge in [-0.05, 0) is 59.3 Å². The summed E-state index contributed by atoms with van der Waals surface area (Å²) in [5, 5.41) is 0. The van der Waals surface area contributed by atoms with E-state index in [9.17, 15) is 0 Å². The fourth-order valence-corrected chi connectivity index (χ4v) is 5.21. The van der Waals surface area contributed by atoms with Gasteiger partial charge in [-0.25, -0.2) is 0 Å². The zero-order chi connectivity index (χ0) is 22.6. The highest BCUT2D eigenvalue weighted by Crippen LogP contribution is 2.38. The monoisotopic (exact) mass is 437 g/mol. The number of aromatic nitrogens is 1. The van der Waals surface area contributed by atoms with Crippen LogP contribution in [-0.2, 0) is 0 Å². The average Bonchev–Trinajstić information content (AvgIpc) is 2.89. The van der Waals surface area contributed by atoms with Gasteiger partial charge in [0.25, 0.3) is 6.71 Å². The number of rotatable bonds is 2. The highest BCUT2D eigenvalue weighted by molar-refractivity contribution is 6.98. The summed E-state index contributed by atoms with van der Waals surface area (Å²) in [4.78, 5) is 4.85. The summed E-state index contributed by atoms with van der Waals surface area (Å²) in [5.41, 5.74) is 8.83. The topological polar surface area (TPSA) is 31.4 Å². The van der Waals surface area contributed by atoms with E-state index in [1.165, 1.54) is 11.1 Å². The first-order valence-corrected chi connectivity index (χ1v) is 11.5. The lowest BCUT2D eigenvalue weighted by Crippen LogP contribution is -2.57. The standard InChI is InChI=1S/C30H20BNO2/c1-19-8-2-3-9-21(19)20-16-17-25(32-18-20)22-10-6-12-24-30(22)34-28-15-7-14-27-29(28)31(24)23-11-4-5-13-26(23)33-27/h2-18H,1H3. The molecule has 2 aliphatic rings. The van der Waals surface area contributed by atoms with Crippen LogP contribution in [0.1, 0.15) is 5.56 Å². The van der Waals surface area contributed by atoms with Crippen molar-refractivity contribution in [2.75, 3.05) is 0 Å². The van der Waals surface area contributed by atoms with E-state index in [0.29, 0.717) is 0 Å². The molecule has 4 heteroatoms.